The van der Waals surface area contributed by atoms with Crippen LogP contribution >= 0.6 is 0 Å². The van der Waals surface area contributed by atoms with E-state index < -0.39 is 59.1 Å². The molecule has 0 saturated carbocycles. The highest BCUT2D eigenvalue weighted by atomic mass is 19.2. The third kappa shape index (κ3) is 17.6. The summed E-state index contributed by atoms with van der Waals surface area (Å²) in [5, 5.41) is 22.2. The molecule has 1 atom stereocenters. The lowest BCUT2D eigenvalue weighted by atomic mass is 10.2. The molecule has 1 unspecified atom stereocenters. The molecule has 28 heavy (non-hydrogen) atoms. The van der Waals surface area contributed by atoms with Crippen molar-refractivity contribution in [2.45, 2.75) is 34.1 Å². The van der Waals surface area contributed by atoms with Gasteiger partial charge in [0, 0.05) is 27.7 Å². The average Bonchev–Trinajstić information content (AvgIpc) is 2.46. The molecule has 0 aromatic heterocycles. The number of carbonyl (C=O) groups excluding carboxylic acids is 1. The summed E-state index contributed by atoms with van der Waals surface area (Å²) in [6, 6.07) is 0.0847. The van der Waals surface area contributed by atoms with Crippen molar-refractivity contribution < 1.29 is 61.2 Å². The number of ether oxygens (including phenoxy) is 1. The fourth-order valence-electron chi connectivity index (χ4n) is 0.966. The average molecular weight is 420 g/mol. The zero-order chi connectivity index (χ0) is 23.2. The number of esters is 1. The number of rotatable bonds is 2. The Morgan fingerprint density at radius 3 is 1.39 bits per heavy atom. The smallest absolute Gasteiger partial charge is 0.305 e. The predicted molar refractivity (Wildman–Crippen MR) is 81.8 cm³/mol. The molecule has 0 saturated heterocycles. The molecule has 8 nitrogen and oxygen atoms in total. The summed E-state index contributed by atoms with van der Waals surface area (Å²) in [5.41, 5.74) is -1.22. The van der Waals surface area contributed by atoms with E-state index in [4.69, 9.17) is 29.7 Å². The van der Waals surface area contributed by atoms with Gasteiger partial charge in [0.15, 0.2) is 23.3 Å². The first-order valence-corrected chi connectivity index (χ1v) is 6.77. The van der Waals surface area contributed by atoms with Crippen LogP contribution in [0.2, 0.25) is 0 Å². The van der Waals surface area contributed by atoms with Crippen molar-refractivity contribution >= 4 is 23.9 Å². The van der Waals surface area contributed by atoms with Crippen molar-refractivity contribution in [1.82, 2.24) is 0 Å². The third-order valence-electron chi connectivity index (χ3n) is 1.64. The van der Waals surface area contributed by atoms with Gasteiger partial charge in [-0.2, -0.15) is 4.39 Å². The van der Waals surface area contributed by atoms with Crippen LogP contribution in [-0.4, -0.2) is 39.2 Å². The highest BCUT2D eigenvalue weighted by molar-refractivity contribution is 5.66. The van der Waals surface area contributed by atoms with Crippen LogP contribution in [0.15, 0.2) is 6.07 Å². The van der Waals surface area contributed by atoms with Crippen LogP contribution in [0.4, 0.5) is 22.0 Å². The second-order valence-electron chi connectivity index (χ2n) is 4.37. The normalized spacial score (nSPS) is 9.75. The Kier molecular flexibility index (Phi) is 15.7. The second kappa shape index (κ2) is 14.9. The van der Waals surface area contributed by atoms with Crippen molar-refractivity contribution in [2.24, 2.45) is 0 Å². The Morgan fingerprint density at radius 1 is 0.786 bits per heavy atom. The van der Waals surface area contributed by atoms with E-state index in [-0.39, 0.29) is 6.07 Å². The van der Waals surface area contributed by atoms with Gasteiger partial charge in [0.25, 0.3) is 24.3 Å². The monoisotopic (exact) mass is 420 g/mol. The molecule has 0 amide bonds. The Morgan fingerprint density at radius 2 is 1.11 bits per heavy atom. The van der Waals surface area contributed by atoms with Crippen molar-refractivity contribution in [3.05, 3.63) is 34.9 Å². The number of aliphatic carboxylic acids is 3. The first kappa shape index (κ1) is 29.5. The minimum atomic E-state index is -2.69. The standard InChI is InChI=1S/C9H5F5O2.3C2H4O2/c1-3(15)16-9(14)4-2-5(10)7(12)8(13)6(4)11;3*1-2(3)4/h2,9H,1H3;3*1H3,(H,3,4). The van der Waals surface area contributed by atoms with Crippen LogP contribution in [0.3, 0.4) is 0 Å². The SMILES string of the molecule is CC(=O)O.CC(=O)O.CC(=O)O.CC(=O)OC(F)c1cc(F)c(F)c(F)c1F. The molecule has 0 bridgehead atoms. The Balaban J connectivity index is -0.000000427. The molecule has 1 aromatic rings. The summed E-state index contributed by atoms with van der Waals surface area (Å²) >= 11 is 0. The number of carboxylic acid groups (broad SMARTS) is 3. The number of carboxylic acids is 3. The van der Waals surface area contributed by atoms with Gasteiger partial charge in [0.05, 0.1) is 5.56 Å². The molecule has 0 aliphatic heterocycles. The first-order valence-electron chi connectivity index (χ1n) is 6.77. The molecule has 0 fully saturated rings. The number of alkyl halides is 1. The third-order valence-corrected chi connectivity index (χ3v) is 1.64. The van der Waals surface area contributed by atoms with Gasteiger partial charge >= 0.3 is 5.97 Å². The van der Waals surface area contributed by atoms with E-state index in [0.717, 1.165) is 27.7 Å². The summed E-state index contributed by atoms with van der Waals surface area (Å²) in [4.78, 5) is 37.3. The molecule has 3 N–H and O–H groups in total. The Labute approximate surface area is 155 Å². The van der Waals surface area contributed by atoms with Gasteiger partial charge in [-0.1, -0.05) is 0 Å². The number of benzene rings is 1. The van der Waals surface area contributed by atoms with Gasteiger partial charge < -0.3 is 20.1 Å². The quantitative estimate of drug-likeness (QED) is 0.287. The maximum absolute atomic E-state index is 13.0. The number of carbonyl (C=O) groups is 4. The molecule has 160 valence electrons. The maximum atomic E-state index is 13.0. The zero-order valence-electron chi connectivity index (χ0n) is 14.9. The van der Waals surface area contributed by atoms with E-state index in [0.29, 0.717) is 0 Å². The topological polar surface area (TPSA) is 138 Å². The lowest BCUT2D eigenvalue weighted by Crippen LogP contribution is -2.09. The Bertz CT molecular complexity index is 653. The zero-order valence-corrected chi connectivity index (χ0v) is 14.9. The van der Waals surface area contributed by atoms with Crippen LogP contribution in [0.1, 0.15) is 39.6 Å². The molecule has 0 aliphatic rings. The van der Waals surface area contributed by atoms with Crippen molar-refractivity contribution in [1.29, 1.82) is 0 Å². The van der Waals surface area contributed by atoms with Crippen molar-refractivity contribution in [3.63, 3.8) is 0 Å². The van der Waals surface area contributed by atoms with Gasteiger partial charge in [-0.15, -0.1) is 0 Å². The van der Waals surface area contributed by atoms with E-state index in [1.165, 1.54) is 0 Å². The van der Waals surface area contributed by atoms with E-state index in [1.807, 2.05) is 0 Å². The largest absolute Gasteiger partial charge is 0.481 e. The van der Waals surface area contributed by atoms with Crippen LogP contribution in [0.5, 0.6) is 0 Å². The van der Waals surface area contributed by atoms with Gasteiger partial charge in [-0.3, -0.25) is 19.2 Å². The molecular formula is C15H17F5O8. The van der Waals surface area contributed by atoms with Crippen LogP contribution < -0.4 is 0 Å². The first-order chi connectivity index (χ1) is 12.5. The molecule has 0 heterocycles. The summed E-state index contributed by atoms with van der Waals surface area (Å²) < 4.78 is 67.6. The van der Waals surface area contributed by atoms with E-state index >= 15 is 0 Å². The minimum absolute atomic E-state index is 0.0847. The van der Waals surface area contributed by atoms with Gasteiger partial charge in [-0.05, 0) is 6.07 Å². The van der Waals surface area contributed by atoms with Gasteiger partial charge in [0.1, 0.15) is 0 Å². The van der Waals surface area contributed by atoms with Gasteiger partial charge in [0.2, 0.25) is 0 Å². The molecule has 0 radical (unpaired) electrons. The van der Waals surface area contributed by atoms with Crippen molar-refractivity contribution in [3.8, 4) is 0 Å². The van der Waals surface area contributed by atoms with Crippen LogP contribution in [0, 0.1) is 23.3 Å². The highest BCUT2D eigenvalue weighted by Gasteiger charge is 2.25. The van der Waals surface area contributed by atoms with Crippen LogP contribution in [0.25, 0.3) is 0 Å². The maximum Gasteiger partial charge on any atom is 0.305 e. The summed E-state index contributed by atoms with van der Waals surface area (Å²) in [7, 11) is 0. The molecule has 1 aromatic carbocycles. The molecule has 0 spiro atoms. The van der Waals surface area contributed by atoms with Crippen LogP contribution in [-0.2, 0) is 23.9 Å². The fraction of sp³-hybridized carbons (Fsp3) is 0.333. The number of hydrogen-bond donors (Lipinski definition) is 3. The molecular weight excluding hydrogens is 403 g/mol. The fourth-order valence-corrected chi connectivity index (χ4v) is 0.966. The van der Waals surface area contributed by atoms with E-state index in [9.17, 15) is 26.7 Å². The lowest BCUT2D eigenvalue weighted by Gasteiger charge is -2.10. The summed E-state index contributed by atoms with van der Waals surface area (Å²) in [6.07, 6.45) is -2.69. The Hall–Kier alpha value is -3.25. The minimum Gasteiger partial charge on any atom is -0.481 e. The van der Waals surface area contributed by atoms with Crippen molar-refractivity contribution in [2.75, 3.05) is 0 Å². The molecule has 1 rings (SSSR count). The van der Waals surface area contributed by atoms with Gasteiger partial charge in [-0.25, -0.2) is 17.6 Å². The molecule has 0 aliphatic carbocycles. The van der Waals surface area contributed by atoms with E-state index in [2.05, 4.69) is 4.74 Å². The van der Waals surface area contributed by atoms with E-state index in [1.54, 1.807) is 0 Å². The highest BCUT2D eigenvalue weighted by Crippen LogP contribution is 2.26. The second-order valence-corrected chi connectivity index (χ2v) is 4.37. The summed E-state index contributed by atoms with van der Waals surface area (Å²) in [6.45, 7) is 4.07. The summed E-state index contributed by atoms with van der Waals surface area (Å²) in [5.74, 6) is -11.5. The number of hydrogen-bond acceptors (Lipinski definition) is 5. The number of halogens is 5. The predicted octanol–water partition coefficient (Wildman–Crippen LogP) is 3.05. The molecule has 13 heteroatoms. The lowest BCUT2D eigenvalue weighted by molar-refractivity contribution is -0.156.